The van der Waals surface area contributed by atoms with E-state index in [0.29, 0.717) is 0 Å². The van der Waals surface area contributed by atoms with Gasteiger partial charge in [0, 0.05) is 24.0 Å². The zero-order valence-electron chi connectivity index (χ0n) is 14.3. The summed E-state index contributed by atoms with van der Waals surface area (Å²) in [5, 5.41) is 6.13. The fraction of sp³-hybridized carbons (Fsp3) is 0.150. The van der Waals surface area contributed by atoms with Crippen molar-refractivity contribution >= 4 is 28.3 Å². The fourth-order valence-electron chi connectivity index (χ4n) is 3.04. The number of nitrogens with one attached hydrogen (secondary N) is 1. The molecule has 1 amide bonds. The third kappa shape index (κ3) is 3.23. The van der Waals surface area contributed by atoms with E-state index in [0.717, 1.165) is 27.2 Å². The maximum Gasteiger partial charge on any atom is 0.240 e. The van der Waals surface area contributed by atoms with Gasteiger partial charge in [0.2, 0.25) is 5.91 Å². The van der Waals surface area contributed by atoms with Gasteiger partial charge in [-0.25, -0.2) is 4.98 Å². The highest BCUT2D eigenvalue weighted by Crippen LogP contribution is 2.30. The van der Waals surface area contributed by atoms with Crippen LogP contribution in [0.2, 0.25) is 0 Å². The second-order valence-electron chi connectivity index (χ2n) is 6.08. The first-order valence-electron chi connectivity index (χ1n) is 8.40. The van der Waals surface area contributed by atoms with Crippen LogP contribution in [0.4, 0.5) is 0 Å². The Morgan fingerprint density at radius 1 is 1.19 bits per heavy atom. The van der Waals surface area contributed by atoms with Crippen LogP contribution in [0.1, 0.15) is 18.5 Å². The average Bonchev–Trinajstić information content (AvgIpc) is 3.31. The van der Waals surface area contributed by atoms with Crippen molar-refractivity contribution in [2.45, 2.75) is 19.5 Å². The molecule has 1 N–H and O–H groups in total. The molecule has 130 valence electrons. The molecule has 0 aliphatic rings. The van der Waals surface area contributed by atoms with Crippen molar-refractivity contribution < 1.29 is 4.79 Å². The van der Waals surface area contributed by atoms with Gasteiger partial charge < -0.3 is 9.88 Å². The number of rotatable bonds is 5. The SMILES string of the molecule is C[C@@H](NC(=O)Cn1c(-c2cccs2)cc2cccnc21)c1ccncc1. The van der Waals surface area contributed by atoms with Crippen molar-refractivity contribution in [1.82, 2.24) is 19.9 Å². The van der Waals surface area contributed by atoms with Crippen LogP contribution in [0.3, 0.4) is 0 Å². The Kier molecular flexibility index (Phi) is 4.50. The number of fused-ring (bicyclic) bond motifs is 1. The summed E-state index contributed by atoms with van der Waals surface area (Å²) >= 11 is 1.66. The highest BCUT2D eigenvalue weighted by Gasteiger charge is 2.16. The van der Waals surface area contributed by atoms with Crippen molar-refractivity contribution in [2.24, 2.45) is 0 Å². The van der Waals surface area contributed by atoms with Gasteiger partial charge >= 0.3 is 0 Å². The Hall–Kier alpha value is -2.99. The van der Waals surface area contributed by atoms with E-state index in [1.54, 1.807) is 29.9 Å². The monoisotopic (exact) mass is 362 g/mol. The molecule has 4 aromatic heterocycles. The van der Waals surface area contributed by atoms with Crippen molar-refractivity contribution in [3.63, 3.8) is 0 Å². The molecule has 1 atom stereocenters. The van der Waals surface area contributed by atoms with Crippen LogP contribution in [0.15, 0.2) is 66.4 Å². The third-order valence-electron chi connectivity index (χ3n) is 4.31. The van der Waals surface area contributed by atoms with E-state index >= 15 is 0 Å². The predicted octanol–water partition coefficient (Wildman–Crippen LogP) is 4.04. The number of carbonyl (C=O) groups is 1. The van der Waals surface area contributed by atoms with E-state index in [1.165, 1.54) is 0 Å². The first kappa shape index (κ1) is 16.5. The van der Waals surface area contributed by atoms with Gasteiger partial charge in [0.25, 0.3) is 0 Å². The van der Waals surface area contributed by atoms with Crippen LogP contribution in [0.25, 0.3) is 21.6 Å². The van der Waals surface area contributed by atoms with Gasteiger partial charge in [-0.05, 0) is 54.3 Å². The van der Waals surface area contributed by atoms with Crippen molar-refractivity contribution in [3.05, 3.63) is 72.0 Å². The van der Waals surface area contributed by atoms with Crippen LogP contribution >= 0.6 is 11.3 Å². The zero-order chi connectivity index (χ0) is 17.9. The van der Waals surface area contributed by atoms with E-state index in [2.05, 4.69) is 27.4 Å². The van der Waals surface area contributed by atoms with Gasteiger partial charge in [-0.1, -0.05) is 6.07 Å². The molecule has 0 radical (unpaired) electrons. The van der Waals surface area contributed by atoms with E-state index in [-0.39, 0.29) is 18.5 Å². The molecule has 0 aromatic carbocycles. The summed E-state index contributed by atoms with van der Waals surface area (Å²) in [4.78, 5) is 22.3. The van der Waals surface area contributed by atoms with Crippen LogP contribution in [-0.4, -0.2) is 20.4 Å². The molecule has 4 rings (SSSR count). The summed E-state index contributed by atoms with van der Waals surface area (Å²) < 4.78 is 1.98. The lowest BCUT2D eigenvalue weighted by Gasteiger charge is -2.15. The number of thiophene rings is 1. The molecule has 0 saturated heterocycles. The Bertz CT molecular complexity index is 1020. The van der Waals surface area contributed by atoms with Crippen molar-refractivity contribution in [2.75, 3.05) is 0 Å². The maximum absolute atomic E-state index is 12.7. The summed E-state index contributed by atoms with van der Waals surface area (Å²) in [6.07, 6.45) is 5.22. The lowest BCUT2D eigenvalue weighted by molar-refractivity contribution is -0.122. The summed E-state index contributed by atoms with van der Waals surface area (Å²) in [5.41, 5.74) is 2.87. The molecule has 0 saturated carbocycles. The van der Waals surface area contributed by atoms with Gasteiger partial charge in [0.05, 0.1) is 16.6 Å². The smallest absolute Gasteiger partial charge is 0.240 e. The second-order valence-corrected chi connectivity index (χ2v) is 7.03. The molecule has 4 aromatic rings. The predicted molar refractivity (Wildman–Crippen MR) is 104 cm³/mol. The summed E-state index contributed by atoms with van der Waals surface area (Å²) in [5.74, 6) is -0.0460. The fourth-order valence-corrected chi connectivity index (χ4v) is 3.79. The van der Waals surface area contributed by atoms with E-state index in [9.17, 15) is 4.79 Å². The van der Waals surface area contributed by atoms with Gasteiger partial charge in [-0.15, -0.1) is 11.3 Å². The van der Waals surface area contributed by atoms with Crippen LogP contribution < -0.4 is 5.32 Å². The number of nitrogens with zero attached hydrogens (tertiary/aromatic N) is 3. The number of hydrogen-bond acceptors (Lipinski definition) is 4. The molecule has 0 unspecified atom stereocenters. The molecule has 0 fully saturated rings. The molecule has 0 aliphatic carbocycles. The lowest BCUT2D eigenvalue weighted by atomic mass is 10.1. The van der Waals surface area contributed by atoms with Crippen LogP contribution in [0, 0.1) is 0 Å². The van der Waals surface area contributed by atoms with Crippen molar-refractivity contribution in [3.8, 4) is 10.6 Å². The standard InChI is InChI=1S/C20H18N4OS/c1-14(15-6-9-21-10-7-15)23-19(25)13-24-17(18-5-3-11-26-18)12-16-4-2-8-22-20(16)24/h2-12,14H,13H2,1H3,(H,23,25)/t14-/m1/s1. The van der Waals surface area contributed by atoms with E-state index in [4.69, 9.17) is 0 Å². The normalized spacial score (nSPS) is 12.2. The topological polar surface area (TPSA) is 59.8 Å². The molecule has 0 bridgehead atoms. The lowest BCUT2D eigenvalue weighted by Crippen LogP contribution is -2.30. The molecular weight excluding hydrogens is 344 g/mol. The number of pyridine rings is 2. The first-order valence-corrected chi connectivity index (χ1v) is 9.28. The van der Waals surface area contributed by atoms with Gasteiger partial charge in [0.15, 0.2) is 0 Å². The Morgan fingerprint density at radius 2 is 2.04 bits per heavy atom. The molecule has 0 spiro atoms. The average molecular weight is 362 g/mol. The highest BCUT2D eigenvalue weighted by molar-refractivity contribution is 7.13. The number of aromatic nitrogens is 3. The van der Waals surface area contributed by atoms with E-state index < -0.39 is 0 Å². The molecule has 4 heterocycles. The Morgan fingerprint density at radius 3 is 2.81 bits per heavy atom. The van der Waals surface area contributed by atoms with Crippen molar-refractivity contribution in [1.29, 1.82) is 0 Å². The third-order valence-corrected chi connectivity index (χ3v) is 5.21. The van der Waals surface area contributed by atoms with Gasteiger partial charge in [0.1, 0.15) is 12.2 Å². The second kappa shape index (κ2) is 7.09. The summed E-state index contributed by atoms with van der Waals surface area (Å²) in [7, 11) is 0. The largest absolute Gasteiger partial charge is 0.348 e. The summed E-state index contributed by atoms with van der Waals surface area (Å²) in [6, 6.07) is 13.8. The molecule has 0 aliphatic heterocycles. The van der Waals surface area contributed by atoms with Crippen LogP contribution in [-0.2, 0) is 11.3 Å². The van der Waals surface area contributed by atoms with E-state index in [1.807, 2.05) is 47.2 Å². The highest BCUT2D eigenvalue weighted by atomic mass is 32.1. The molecular formula is C20H18N4OS. The minimum Gasteiger partial charge on any atom is -0.348 e. The Labute approximate surface area is 155 Å². The minimum absolute atomic E-state index is 0.0460. The molecule has 5 nitrogen and oxygen atoms in total. The number of amides is 1. The zero-order valence-corrected chi connectivity index (χ0v) is 15.1. The minimum atomic E-state index is -0.0783. The first-order chi connectivity index (χ1) is 12.7. The maximum atomic E-state index is 12.7. The molecule has 26 heavy (non-hydrogen) atoms. The van der Waals surface area contributed by atoms with Gasteiger partial charge in [-0.2, -0.15) is 0 Å². The van der Waals surface area contributed by atoms with Crippen LogP contribution in [0.5, 0.6) is 0 Å². The molecule has 6 heteroatoms. The van der Waals surface area contributed by atoms with Gasteiger partial charge in [-0.3, -0.25) is 9.78 Å². The number of carbonyl (C=O) groups excluding carboxylic acids is 1. The summed E-state index contributed by atoms with van der Waals surface area (Å²) in [6.45, 7) is 2.20. The Balaban J connectivity index is 1.62. The number of hydrogen-bond donors (Lipinski definition) is 1. The quantitative estimate of drug-likeness (QED) is 0.583.